The highest BCUT2D eigenvalue weighted by molar-refractivity contribution is 5.94. The third-order valence-electron chi connectivity index (χ3n) is 1.77. The van der Waals surface area contributed by atoms with E-state index >= 15 is 0 Å². The maximum atomic E-state index is 13.2. The summed E-state index contributed by atoms with van der Waals surface area (Å²) in [4.78, 5) is 11.4. The van der Waals surface area contributed by atoms with Crippen LogP contribution in [0.2, 0.25) is 0 Å². The summed E-state index contributed by atoms with van der Waals surface area (Å²) >= 11 is 0. The highest BCUT2D eigenvalue weighted by Crippen LogP contribution is 2.11. The van der Waals surface area contributed by atoms with Gasteiger partial charge in [-0.05, 0) is 12.1 Å². The van der Waals surface area contributed by atoms with Crippen molar-refractivity contribution in [1.82, 2.24) is 14.9 Å². The molecule has 1 aromatic heterocycles. The van der Waals surface area contributed by atoms with Gasteiger partial charge in [-0.1, -0.05) is 12.1 Å². The molecule has 16 heavy (non-hydrogen) atoms. The summed E-state index contributed by atoms with van der Waals surface area (Å²) in [5.74, 6) is -0.499. The Morgan fingerprint density at radius 2 is 1.94 bits per heavy atom. The zero-order chi connectivity index (χ0) is 11.4. The second-order valence-corrected chi connectivity index (χ2v) is 2.91. The van der Waals surface area contributed by atoms with Crippen LogP contribution in [0, 0.1) is 5.82 Å². The standard InChI is InChI=1S/C9H8FN5O/c10-7-3-1-2-4-8(7)13-9(16)14-15-5-11-12-6-15/h1-6H,(H2,13,14,16). The molecule has 0 aliphatic rings. The molecule has 2 amide bonds. The predicted molar refractivity (Wildman–Crippen MR) is 54.8 cm³/mol. The van der Waals surface area contributed by atoms with Gasteiger partial charge < -0.3 is 5.32 Å². The van der Waals surface area contributed by atoms with Gasteiger partial charge in [-0.25, -0.2) is 19.3 Å². The molecule has 0 aliphatic carbocycles. The molecular formula is C9H8FN5O. The molecular weight excluding hydrogens is 213 g/mol. The van der Waals surface area contributed by atoms with E-state index in [4.69, 9.17) is 0 Å². The van der Waals surface area contributed by atoms with Gasteiger partial charge >= 0.3 is 6.03 Å². The highest BCUT2D eigenvalue weighted by atomic mass is 19.1. The van der Waals surface area contributed by atoms with Gasteiger partial charge in [0.2, 0.25) is 0 Å². The Morgan fingerprint density at radius 3 is 2.62 bits per heavy atom. The van der Waals surface area contributed by atoms with Crippen molar-refractivity contribution < 1.29 is 9.18 Å². The topological polar surface area (TPSA) is 71.8 Å². The van der Waals surface area contributed by atoms with Gasteiger partial charge in [0.15, 0.2) is 0 Å². The van der Waals surface area contributed by atoms with Crippen LogP contribution in [0.1, 0.15) is 0 Å². The highest BCUT2D eigenvalue weighted by Gasteiger charge is 2.05. The van der Waals surface area contributed by atoms with Crippen LogP contribution in [-0.2, 0) is 0 Å². The number of halogens is 1. The minimum Gasteiger partial charge on any atom is -0.304 e. The Morgan fingerprint density at radius 1 is 1.25 bits per heavy atom. The fourth-order valence-electron chi connectivity index (χ4n) is 1.09. The molecule has 0 radical (unpaired) electrons. The molecule has 7 heteroatoms. The third-order valence-corrected chi connectivity index (χ3v) is 1.77. The van der Waals surface area contributed by atoms with Crippen LogP contribution < -0.4 is 10.7 Å². The lowest BCUT2D eigenvalue weighted by Gasteiger charge is -2.07. The second-order valence-electron chi connectivity index (χ2n) is 2.91. The molecule has 0 saturated heterocycles. The number of rotatable bonds is 2. The Labute approximate surface area is 90.1 Å². The van der Waals surface area contributed by atoms with Crippen molar-refractivity contribution in [2.45, 2.75) is 0 Å². The van der Waals surface area contributed by atoms with Crippen molar-refractivity contribution in [1.29, 1.82) is 0 Å². The van der Waals surface area contributed by atoms with E-state index in [1.165, 1.54) is 35.5 Å². The van der Waals surface area contributed by atoms with Gasteiger partial charge in [0.05, 0.1) is 5.69 Å². The predicted octanol–water partition coefficient (Wildman–Crippen LogP) is 1.19. The first-order valence-corrected chi connectivity index (χ1v) is 4.43. The SMILES string of the molecule is O=C(Nc1ccccc1F)Nn1cnnc1. The molecule has 82 valence electrons. The summed E-state index contributed by atoms with van der Waals surface area (Å²) < 4.78 is 14.4. The maximum Gasteiger partial charge on any atom is 0.338 e. The summed E-state index contributed by atoms with van der Waals surface area (Å²) in [5.41, 5.74) is 2.48. The van der Waals surface area contributed by atoms with Gasteiger partial charge in [-0.2, -0.15) is 0 Å². The molecule has 6 nitrogen and oxygen atoms in total. The van der Waals surface area contributed by atoms with Gasteiger partial charge in [0.25, 0.3) is 0 Å². The zero-order valence-electron chi connectivity index (χ0n) is 8.09. The van der Waals surface area contributed by atoms with Crippen molar-refractivity contribution in [2.24, 2.45) is 0 Å². The van der Waals surface area contributed by atoms with E-state index in [0.717, 1.165) is 0 Å². The number of carbonyl (C=O) groups is 1. The number of amides is 2. The monoisotopic (exact) mass is 221 g/mol. The lowest BCUT2D eigenvalue weighted by Crippen LogP contribution is -2.27. The first-order valence-electron chi connectivity index (χ1n) is 4.43. The summed E-state index contributed by atoms with van der Waals surface area (Å²) in [7, 11) is 0. The van der Waals surface area contributed by atoms with Crippen LogP contribution in [0.25, 0.3) is 0 Å². The first-order chi connectivity index (χ1) is 7.75. The fraction of sp³-hybridized carbons (Fsp3) is 0. The van der Waals surface area contributed by atoms with Crippen LogP contribution in [0.5, 0.6) is 0 Å². The van der Waals surface area contributed by atoms with Crippen LogP contribution in [0.4, 0.5) is 14.9 Å². The molecule has 2 rings (SSSR count). The Balaban J connectivity index is 2.00. The molecule has 0 aliphatic heterocycles. The van der Waals surface area contributed by atoms with Crippen LogP contribution in [-0.4, -0.2) is 20.9 Å². The largest absolute Gasteiger partial charge is 0.338 e. The minimum absolute atomic E-state index is 0.105. The summed E-state index contributed by atoms with van der Waals surface area (Å²) in [6.07, 6.45) is 2.61. The number of benzene rings is 1. The minimum atomic E-state index is -0.579. The van der Waals surface area contributed by atoms with E-state index in [1.54, 1.807) is 6.07 Å². The molecule has 1 heterocycles. The molecule has 0 spiro atoms. The molecule has 0 atom stereocenters. The average Bonchev–Trinajstić information content (AvgIpc) is 2.74. The number of anilines is 1. The van der Waals surface area contributed by atoms with E-state index in [9.17, 15) is 9.18 Å². The molecule has 0 unspecified atom stereocenters. The Hall–Kier alpha value is -2.44. The van der Waals surface area contributed by atoms with E-state index < -0.39 is 11.8 Å². The average molecular weight is 221 g/mol. The first kappa shape index (κ1) is 10.1. The van der Waals surface area contributed by atoms with Gasteiger partial charge in [0.1, 0.15) is 18.5 Å². The van der Waals surface area contributed by atoms with Crippen molar-refractivity contribution in [3.8, 4) is 0 Å². The quantitative estimate of drug-likeness (QED) is 0.800. The van der Waals surface area contributed by atoms with Crippen molar-refractivity contribution >= 4 is 11.7 Å². The number of para-hydroxylation sites is 1. The number of urea groups is 1. The molecule has 2 N–H and O–H groups in total. The molecule has 1 aromatic carbocycles. The number of aromatic nitrogens is 3. The normalized spacial score (nSPS) is 9.81. The molecule has 0 fully saturated rings. The zero-order valence-corrected chi connectivity index (χ0v) is 8.09. The fourth-order valence-corrected chi connectivity index (χ4v) is 1.09. The second kappa shape index (κ2) is 4.39. The van der Waals surface area contributed by atoms with Gasteiger partial charge in [-0.3, -0.25) is 0 Å². The number of hydrogen-bond donors (Lipinski definition) is 2. The lowest BCUT2D eigenvalue weighted by molar-refractivity contribution is 0.259. The molecule has 0 bridgehead atoms. The van der Waals surface area contributed by atoms with E-state index in [0.29, 0.717) is 0 Å². The Bertz CT molecular complexity index is 484. The number of nitrogens with zero attached hydrogens (tertiary/aromatic N) is 3. The van der Waals surface area contributed by atoms with E-state index in [-0.39, 0.29) is 5.69 Å². The summed E-state index contributed by atoms with van der Waals surface area (Å²) in [5, 5.41) is 9.34. The number of carbonyl (C=O) groups excluding carboxylic acids is 1. The van der Waals surface area contributed by atoms with Crippen LogP contribution in [0.3, 0.4) is 0 Å². The van der Waals surface area contributed by atoms with Crippen LogP contribution >= 0.6 is 0 Å². The van der Waals surface area contributed by atoms with Crippen molar-refractivity contribution in [3.05, 3.63) is 42.7 Å². The third kappa shape index (κ3) is 2.32. The number of nitrogens with one attached hydrogen (secondary N) is 2. The lowest BCUT2D eigenvalue weighted by atomic mass is 10.3. The van der Waals surface area contributed by atoms with Gasteiger partial charge in [0, 0.05) is 0 Å². The smallest absolute Gasteiger partial charge is 0.304 e. The van der Waals surface area contributed by atoms with Crippen molar-refractivity contribution in [3.63, 3.8) is 0 Å². The molecule has 0 saturated carbocycles. The van der Waals surface area contributed by atoms with E-state index in [2.05, 4.69) is 20.9 Å². The van der Waals surface area contributed by atoms with Crippen molar-refractivity contribution in [2.75, 3.05) is 10.7 Å². The Kier molecular flexibility index (Phi) is 2.77. The van der Waals surface area contributed by atoms with Crippen LogP contribution in [0.15, 0.2) is 36.9 Å². The maximum absolute atomic E-state index is 13.2. The van der Waals surface area contributed by atoms with Gasteiger partial charge in [-0.15, -0.1) is 10.2 Å². The molecule has 2 aromatic rings. The summed E-state index contributed by atoms with van der Waals surface area (Å²) in [6, 6.07) is 5.30. The van der Waals surface area contributed by atoms with E-state index in [1.807, 2.05) is 0 Å². The number of hydrogen-bond acceptors (Lipinski definition) is 3. The summed E-state index contributed by atoms with van der Waals surface area (Å²) in [6.45, 7) is 0.